The second-order valence-electron chi connectivity index (χ2n) is 6.52. The van der Waals surface area contributed by atoms with Crippen LogP contribution in [0.15, 0.2) is 12.2 Å². The fourth-order valence-corrected chi connectivity index (χ4v) is 3.15. The predicted octanol–water partition coefficient (Wildman–Crippen LogP) is 1.09. The zero-order valence-corrected chi connectivity index (χ0v) is 13.3. The molecule has 0 aromatic heterocycles. The van der Waals surface area contributed by atoms with E-state index in [9.17, 15) is 22.8 Å². The fourth-order valence-electron chi connectivity index (χ4n) is 3.15. The molecule has 2 heterocycles. The van der Waals surface area contributed by atoms with Gasteiger partial charge in [-0.2, -0.15) is 0 Å². The molecule has 0 bridgehead atoms. The average molecular weight is 333 g/mol. The van der Waals surface area contributed by atoms with Crippen LogP contribution < -0.4 is 5.73 Å². The van der Waals surface area contributed by atoms with Crippen LogP contribution in [0.4, 0.5) is 13.2 Å². The lowest BCUT2D eigenvalue weighted by molar-refractivity contribution is -0.160. The summed E-state index contributed by atoms with van der Waals surface area (Å²) >= 11 is 0. The Bertz CT molecular complexity index is 518. The van der Waals surface area contributed by atoms with Gasteiger partial charge in [-0.15, -0.1) is 0 Å². The Morgan fingerprint density at radius 2 is 1.91 bits per heavy atom. The van der Waals surface area contributed by atoms with E-state index in [2.05, 4.69) is 0 Å². The van der Waals surface area contributed by atoms with Gasteiger partial charge in [-0.05, 0) is 13.8 Å². The molecule has 2 saturated heterocycles. The minimum Gasteiger partial charge on any atom is -0.367 e. The molecule has 2 rings (SSSR count). The van der Waals surface area contributed by atoms with Crippen molar-refractivity contribution < 1.29 is 22.8 Å². The standard InChI is InChI=1S/C15H22F3N3O2/c1-10(3-4-12(22)20-8-15(17,18)9-20)21-6-5-14(16,13(19)23)7-11(21)2/h3-4,10-11H,5-9H2,1-2H3,(H2,19,23)/b4-3+/t10-,11?,14?/m1/s1. The molecule has 2 unspecified atom stereocenters. The molecule has 3 atom stereocenters. The number of amides is 2. The molecule has 0 saturated carbocycles. The van der Waals surface area contributed by atoms with Gasteiger partial charge in [0.25, 0.3) is 11.8 Å². The summed E-state index contributed by atoms with van der Waals surface area (Å²) in [6, 6.07) is -0.391. The third-order valence-electron chi connectivity index (χ3n) is 4.59. The Labute approximate surface area is 133 Å². The molecule has 2 amide bonds. The molecular weight excluding hydrogens is 311 g/mol. The minimum atomic E-state index is -2.78. The number of halogens is 3. The van der Waals surface area contributed by atoms with Gasteiger partial charge in [-0.1, -0.05) is 6.08 Å². The van der Waals surface area contributed by atoms with Gasteiger partial charge in [-0.3, -0.25) is 14.5 Å². The van der Waals surface area contributed by atoms with Gasteiger partial charge in [-0.25, -0.2) is 13.2 Å². The SMILES string of the molecule is CC1CC(F)(C(N)=O)CCN1[C@H](C)/C=C/C(=O)N1CC(F)(F)C1. The van der Waals surface area contributed by atoms with Crippen LogP contribution in [0.25, 0.3) is 0 Å². The quantitative estimate of drug-likeness (QED) is 0.783. The van der Waals surface area contributed by atoms with E-state index in [1.165, 1.54) is 6.08 Å². The van der Waals surface area contributed by atoms with Crippen molar-refractivity contribution in [3.63, 3.8) is 0 Å². The first-order valence-corrected chi connectivity index (χ1v) is 7.64. The van der Waals surface area contributed by atoms with E-state index in [0.717, 1.165) is 4.90 Å². The molecule has 0 aliphatic carbocycles. The largest absolute Gasteiger partial charge is 0.367 e. The van der Waals surface area contributed by atoms with E-state index < -0.39 is 36.5 Å². The van der Waals surface area contributed by atoms with Crippen molar-refractivity contribution in [2.75, 3.05) is 19.6 Å². The van der Waals surface area contributed by atoms with Crippen LogP contribution in [-0.4, -0.2) is 64.9 Å². The topological polar surface area (TPSA) is 66.6 Å². The second kappa shape index (κ2) is 6.14. The minimum absolute atomic E-state index is 0.00675. The first-order valence-electron chi connectivity index (χ1n) is 7.64. The van der Waals surface area contributed by atoms with Crippen LogP contribution in [0, 0.1) is 0 Å². The highest BCUT2D eigenvalue weighted by Gasteiger charge is 2.46. The smallest absolute Gasteiger partial charge is 0.282 e. The molecule has 2 aliphatic rings. The Morgan fingerprint density at radius 1 is 1.30 bits per heavy atom. The number of hydrogen-bond acceptors (Lipinski definition) is 3. The molecule has 2 aliphatic heterocycles. The van der Waals surface area contributed by atoms with Crippen molar-refractivity contribution in [1.29, 1.82) is 0 Å². The molecule has 5 nitrogen and oxygen atoms in total. The van der Waals surface area contributed by atoms with E-state index in [-0.39, 0.29) is 24.9 Å². The van der Waals surface area contributed by atoms with Crippen molar-refractivity contribution in [3.8, 4) is 0 Å². The van der Waals surface area contributed by atoms with Crippen LogP contribution in [0.2, 0.25) is 0 Å². The number of likely N-dealkylation sites (tertiary alicyclic amines) is 2. The van der Waals surface area contributed by atoms with Crippen LogP contribution in [0.5, 0.6) is 0 Å². The van der Waals surface area contributed by atoms with Gasteiger partial charge >= 0.3 is 0 Å². The van der Waals surface area contributed by atoms with Crippen molar-refractivity contribution in [2.45, 2.75) is 50.4 Å². The summed E-state index contributed by atoms with van der Waals surface area (Å²) in [6.45, 7) is 2.86. The zero-order chi connectivity index (χ0) is 17.4. The molecule has 2 N–H and O–H groups in total. The first kappa shape index (κ1) is 17.8. The number of carbonyl (C=O) groups is 2. The maximum absolute atomic E-state index is 14.3. The van der Waals surface area contributed by atoms with Crippen LogP contribution in [0.1, 0.15) is 26.7 Å². The molecule has 2 fully saturated rings. The van der Waals surface area contributed by atoms with E-state index in [4.69, 9.17) is 5.73 Å². The molecule has 0 aromatic rings. The third-order valence-corrected chi connectivity index (χ3v) is 4.59. The lowest BCUT2D eigenvalue weighted by Crippen LogP contribution is -2.58. The maximum Gasteiger partial charge on any atom is 0.282 e. The predicted molar refractivity (Wildman–Crippen MR) is 78.6 cm³/mol. The number of carbonyl (C=O) groups excluding carboxylic acids is 2. The number of primary amides is 1. The molecule has 0 radical (unpaired) electrons. The summed E-state index contributed by atoms with van der Waals surface area (Å²) in [5.74, 6) is -4.18. The molecule has 23 heavy (non-hydrogen) atoms. The molecule has 0 aromatic carbocycles. The highest BCUT2D eigenvalue weighted by Crippen LogP contribution is 2.31. The number of nitrogens with zero attached hydrogens (tertiary/aromatic N) is 2. The second-order valence-corrected chi connectivity index (χ2v) is 6.52. The average Bonchev–Trinajstić information content (AvgIpc) is 2.41. The fraction of sp³-hybridized carbons (Fsp3) is 0.733. The Morgan fingerprint density at radius 3 is 2.39 bits per heavy atom. The van der Waals surface area contributed by atoms with Gasteiger partial charge < -0.3 is 10.6 Å². The number of alkyl halides is 3. The summed E-state index contributed by atoms with van der Waals surface area (Å²) in [6.07, 6.45) is 2.91. The summed E-state index contributed by atoms with van der Waals surface area (Å²) in [5.41, 5.74) is 3.11. The van der Waals surface area contributed by atoms with Gasteiger partial charge in [0.1, 0.15) is 0 Å². The third kappa shape index (κ3) is 3.85. The van der Waals surface area contributed by atoms with E-state index in [0.29, 0.717) is 6.54 Å². The highest BCUT2D eigenvalue weighted by atomic mass is 19.3. The van der Waals surface area contributed by atoms with Gasteiger partial charge in [0.2, 0.25) is 5.91 Å². The Hall–Kier alpha value is -1.57. The van der Waals surface area contributed by atoms with Crippen LogP contribution in [-0.2, 0) is 9.59 Å². The van der Waals surface area contributed by atoms with Gasteiger partial charge in [0, 0.05) is 37.5 Å². The monoisotopic (exact) mass is 333 g/mol. The van der Waals surface area contributed by atoms with Gasteiger partial charge in [0.05, 0.1) is 13.1 Å². The lowest BCUT2D eigenvalue weighted by Gasteiger charge is -2.42. The number of piperidine rings is 1. The van der Waals surface area contributed by atoms with Crippen molar-refractivity contribution in [3.05, 3.63) is 12.2 Å². The number of nitrogens with two attached hydrogens (primary N) is 1. The first-order chi connectivity index (χ1) is 10.5. The number of rotatable bonds is 4. The molecule has 130 valence electrons. The van der Waals surface area contributed by atoms with E-state index >= 15 is 0 Å². The molecule has 8 heteroatoms. The summed E-state index contributed by atoms with van der Waals surface area (Å²) in [5, 5.41) is 0. The van der Waals surface area contributed by atoms with Crippen molar-refractivity contribution >= 4 is 11.8 Å². The summed E-state index contributed by atoms with van der Waals surface area (Å²) in [4.78, 5) is 25.9. The van der Waals surface area contributed by atoms with Crippen molar-refractivity contribution in [2.24, 2.45) is 5.73 Å². The molecular formula is C15H22F3N3O2. The highest BCUT2D eigenvalue weighted by molar-refractivity contribution is 5.88. The lowest BCUT2D eigenvalue weighted by atomic mass is 9.87. The van der Waals surface area contributed by atoms with Crippen molar-refractivity contribution in [1.82, 2.24) is 9.80 Å². The number of hydrogen-bond donors (Lipinski definition) is 1. The Balaban J connectivity index is 1.89. The van der Waals surface area contributed by atoms with E-state index in [1.807, 2.05) is 11.8 Å². The maximum atomic E-state index is 14.3. The summed E-state index contributed by atoms with van der Waals surface area (Å²) in [7, 11) is 0. The molecule has 0 spiro atoms. The summed E-state index contributed by atoms with van der Waals surface area (Å²) < 4.78 is 39.7. The van der Waals surface area contributed by atoms with E-state index in [1.54, 1.807) is 13.0 Å². The van der Waals surface area contributed by atoms with Gasteiger partial charge in [0.15, 0.2) is 5.67 Å². The van der Waals surface area contributed by atoms with Crippen LogP contribution in [0.3, 0.4) is 0 Å². The van der Waals surface area contributed by atoms with Crippen LogP contribution >= 0.6 is 0 Å². The normalized spacial score (nSPS) is 32.6. The Kier molecular flexibility index (Phi) is 4.75. The zero-order valence-electron chi connectivity index (χ0n) is 13.3.